The molecule has 0 radical (unpaired) electrons. The Kier molecular flexibility index (Phi) is 4.16. The summed E-state index contributed by atoms with van der Waals surface area (Å²) in [7, 11) is -3.84. The number of sulfone groups is 1. The quantitative estimate of drug-likeness (QED) is 0.880. The number of nitriles is 1. The SMILES string of the molecule is N#Cc1ccc(CS(=O)(=O)c2cc(Cl)ccc2N)c(F)c1. The predicted molar refractivity (Wildman–Crippen MR) is 77.9 cm³/mol. The van der Waals surface area contributed by atoms with E-state index in [1.807, 2.05) is 0 Å². The molecule has 4 nitrogen and oxygen atoms in total. The van der Waals surface area contributed by atoms with Crippen LogP contribution in [0.2, 0.25) is 5.02 Å². The van der Waals surface area contributed by atoms with Gasteiger partial charge in [-0.2, -0.15) is 5.26 Å². The van der Waals surface area contributed by atoms with E-state index in [0.717, 1.165) is 6.07 Å². The average molecular weight is 325 g/mol. The van der Waals surface area contributed by atoms with Gasteiger partial charge in [-0.3, -0.25) is 0 Å². The minimum atomic E-state index is -3.84. The minimum Gasteiger partial charge on any atom is -0.398 e. The summed E-state index contributed by atoms with van der Waals surface area (Å²) in [5.74, 6) is -1.31. The first-order valence-electron chi connectivity index (χ1n) is 5.80. The molecular formula is C14H10ClFN2O2S. The smallest absolute Gasteiger partial charge is 0.184 e. The molecule has 0 aromatic heterocycles. The van der Waals surface area contributed by atoms with Crippen LogP contribution in [0.3, 0.4) is 0 Å². The maximum Gasteiger partial charge on any atom is 0.184 e. The number of hydrogen-bond acceptors (Lipinski definition) is 4. The summed E-state index contributed by atoms with van der Waals surface area (Å²) < 4.78 is 38.4. The van der Waals surface area contributed by atoms with E-state index in [0.29, 0.717) is 0 Å². The van der Waals surface area contributed by atoms with E-state index in [2.05, 4.69) is 0 Å². The fourth-order valence-electron chi connectivity index (χ4n) is 1.79. The predicted octanol–water partition coefficient (Wildman–Crippen LogP) is 2.91. The topological polar surface area (TPSA) is 84.0 Å². The van der Waals surface area contributed by atoms with Crippen LogP contribution < -0.4 is 5.73 Å². The van der Waals surface area contributed by atoms with E-state index in [9.17, 15) is 12.8 Å². The second-order valence-electron chi connectivity index (χ2n) is 4.36. The molecule has 7 heteroatoms. The van der Waals surface area contributed by atoms with E-state index in [4.69, 9.17) is 22.6 Å². The van der Waals surface area contributed by atoms with Crippen molar-refractivity contribution in [3.63, 3.8) is 0 Å². The molecule has 2 aromatic rings. The van der Waals surface area contributed by atoms with Crippen LogP contribution in [0, 0.1) is 17.1 Å². The number of rotatable bonds is 3. The van der Waals surface area contributed by atoms with Crippen LogP contribution in [0.15, 0.2) is 41.3 Å². The molecule has 0 aliphatic carbocycles. The fourth-order valence-corrected chi connectivity index (χ4v) is 3.56. The van der Waals surface area contributed by atoms with Crippen molar-refractivity contribution in [2.24, 2.45) is 0 Å². The number of hydrogen-bond donors (Lipinski definition) is 1. The highest BCUT2D eigenvalue weighted by Crippen LogP contribution is 2.26. The molecule has 21 heavy (non-hydrogen) atoms. The Morgan fingerprint density at radius 2 is 1.95 bits per heavy atom. The van der Waals surface area contributed by atoms with Crippen LogP contribution in [0.1, 0.15) is 11.1 Å². The first-order chi connectivity index (χ1) is 9.83. The molecular weight excluding hydrogens is 315 g/mol. The fraction of sp³-hybridized carbons (Fsp3) is 0.0714. The molecule has 0 amide bonds. The first kappa shape index (κ1) is 15.3. The second-order valence-corrected chi connectivity index (χ2v) is 6.75. The maximum atomic E-state index is 13.8. The first-order valence-corrected chi connectivity index (χ1v) is 7.83. The molecule has 0 aliphatic heterocycles. The third-order valence-electron chi connectivity index (χ3n) is 2.84. The third kappa shape index (κ3) is 3.32. The molecule has 0 fully saturated rings. The summed E-state index contributed by atoms with van der Waals surface area (Å²) in [6.45, 7) is 0. The zero-order valence-electron chi connectivity index (χ0n) is 10.7. The van der Waals surface area contributed by atoms with Crippen LogP contribution in [0.5, 0.6) is 0 Å². The monoisotopic (exact) mass is 324 g/mol. The Morgan fingerprint density at radius 1 is 1.24 bits per heavy atom. The van der Waals surface area contributed by atoms with E-state index in [-0.39, 0.29) is 26.7 Å². The largest absolute Gasteiger partial charge is 0.398 e. The van der Waals surface area contributed by atoms with Gasteiger partial charge in [-0.05, 0) is 30.3 Å². The van der Waals surface area contributed by atoms with E-state index >= 15 is 0 Å². The number of nitrogens with zero attached hydrogens (tertiary/aromatic N) is 1. The van der Waals surface area contributed by atoms with Gasteiger partial charge in [0.15, 0.2) is 9.84 Å². The molecule has 0 saturated heterocycles. The number of nitrogens with two attached hydrogens (primary N) is 1. The maximum absolute atomic E-state index is 13.8. The van der Waals surface area contributed by atoms with Crippen LogP contribution in [0.4, 0.5) is 10.1 Å². The van der Waals surface area contributed by atoms with E-state index in [1.54, 1.807) is 6.07 Å². The Bertz CT molecular complexity index is 845. The van der Waals surface area contributed by atoms with Crippen molar-refractivity contribution >= 4 is 27.1 Å². The second kappa shape index (κ2) is 5.72. The molecule has 0 bridgehead atoms. The molecule has 0 aliphatic rings. The van der Waals surface area contributed by atoms with Crippen molar-refractivity contribution in [1.82, 2.24) is 0 Å². The molecule has 0 spiro atoms. The van der Waals surface area contributed by atoms with Crippen molar-refractivity contribution in [3.05, 3.63) is 58.4 Å². The standard InChI is InChI=1S/C14H10ClFN2O2S/c15-11-3-4-13(18)14(6-11)21(19,20)8-10-2-1-9(7-17)5-12(10)16/h1-6H,8,18H2. The summed E-state index contributed by atoms with van der Waals surface area (Å²) in [5, 5.41) is 8.89. The van der Waals surface area contributed by atoms with Gasteiger partial charge in [0, 0.05) is 10.6 Å². The highest BCUT2D eigenvalue weighted by Gasteiger charge is 2.21. The summed E-state index contributed by atoms with van der Waals surface area (Å²) in [5.41, 5.74) is 5.78. The molecule has 0 atom stereocenters. The lowest BCUT2D eigenvalue weighted by Crippen LogP contribution is -2.09. The zero-order chi connectivity index (χ0) is 15.6. The van der Waals surface area contributed by atoms with Gasteiger partial charge in [0.2, 0.25) is 0 Å². The van der Waals surface area contributed by atoms with Crippen molar-refractivity contribution in [3.8, 4) is 6.07 Å². The van der Waals surface area contributed by atoms with Crippen molar-refractivity contribution in [2.75, 3.05) is 5.73 Å². The van der Waals surface area contributed by atoms with Gasteiger partial charge in [-0.15, -0.1) is 0 Å². The molecule has 108 valence electrons. The van der Waals surface area contributed by atoms with Gasteiger partial charge < -0.3 is 5.73 Å². The van der Waals surface area contributed by atoms with E-state index in [1.165, 1.54) is 30.3 Å². The summed E-state index contributed by atoms with van der Waals surface area (Å²) in [6, 6.07) is 9.48. The summed E-state index contributed by atoms with van der Waals surface area (Å²) >= 11 is 5.77. The van der Waals surface area contributed by atoms with Gasteiger partial charge in [0.05, 0.1) is 28.0 Å². The highest BCUT2D eigenvalue weighted by molar-refractivity contribution is 7.90. The van der Waals surface area contributed by atoms with Gasteiger partial charge >= 0.3 is 0 Å². The molecule has 0 saturated carbocycles. The molecule has 0 heterocycles. The zero-order valence-corrected chi connectivity index (χ0v) is 12.2. The Balaban J connectivity index is 2.43. The molecule has 2 rings (SSSR count). The Morgan fingerprint density at radius 3 is 2.57 bits per heavy atom. The lowest BCUT2D eigenvalue weighted by atomic mass is 10.1. The lowest BCUT2D eigenvalue weighted by molar-refractivity contribution is 0.587. The van der Waals surface area contributed by atoms with Gasteiger partial charge in [-0.1, -0.05) is 17.7 Å². The van der Waals surface area contributed by atoms with Gasteiger partial charge in [0.25, 0.3) is 0 Å². The van der Waals surface area contributed by atoms with Crippen LogP contribution in [-0.2, 0) is 15.6 Å². The average Bonchev–Trinajstić information content (AvgIpc) is 2.43. The van der Waals surface area contributed by atoms with Crippen LogP contribution in [0.25, 0.3) is 0 Å². The summed E-state index contributed by atoms with van der Waals surface area (Å²) in [4.78, 5) is -0.140. The van der Waals surface area contributed by atoms with Gasteiger partial charge in [-0.25, -0.2) is 12.8 Å². The van der Waals surface area contributed by atoms with Crippen LogP contribution >= 0.6 is 11.6 Å². The Hall–Kier alpha value is -2.10. The molecule has 0 unspecified atom stereocenters. The van der Waals surface area contributed by atoms with E-state index < -0.39 is 21.4 Å². The number of benzene rings is 2. The number of nitrogen functional groups attached to an aromatic ring is 1. The molecule has 2 N–H and O–H groups in total. The van der Waals surface area contributed by atoms with Crippen molar-refractivity contribution in [2.45, 2.75) is 10.6 Å². The third-order valence-corrected chi connectivity index (χ3v) is 4.79. The van der Waals surface area contributed by atoms with Crippen molar-refractivity contribution < 1.29 is 12.8 Å². The number of anilines is 1. The lowest BCUT2D eigenvalue weighted by Gasteiger charge is -2.09. The van der Waals surface area contributed by atoms with Gasteiger partial charge in [0.1, 0.15) is 5.82 Å². The number of halogens is 2. The molecule has 2 aromatic carbocycles. The van der Waals surface area contributed by atoms with Crippen molar-refractivity contribution in [1.29, 1.82) is 5.26 Å². The minimum absolute atomic E-state index is 0.0339. The van der Waals surface area contributed by atoms with Crippen LogP contribution in [-0.4, -0.2) is 8.42 Å². The normalized spacial score (nSPS) is 11.1. The summed E-state index contributed by atoms with van der Waals surface area (Å²) in [6.07, 6.45) is 0. The highest BCUT2D eigenvalue weighted by atomic mass is 35.5. The Labute approximate surface area is 126 Å².